The van der Waals surface area contributed by atoms with Gasteiger partial charge in [0.2, 0.25) is 0 Å². The summed E-state index contributed by atoms with van der Waals surface area (Å²) in [4.78, 5) is 11.7. The van der Waals surface area contributed by atoms with Crippen molar-refractivity contribution in [1.82, 2.24) is 0 Å². The van der Waals surface area contributed by atoms with E-state index >= 15 is 0 Å². The summed E-state index contributed by atoms with van der Waals surface area (Å²) in [5.74, 6) is 0.411. The third kappa shape index (κ3) is 9.69. The van der Waals surface area contributed by atoms with Crippen LogP contribution in [0.15, 0.2) is 60.2 Å². The molecule has 0 saturated heterocycles. The Labute approximate surface area is 218 Å². The number of methoxy groups -OCH3 is 2. The molecule has 0 saturated carbocycles. The molecule has 0 aliphatic carbocycles. The lowest BCUT2D eigenvalue weighted by atomic mass is 10.0. The van der Waals surface area contributed by atoms with Gasteiger partial charge in [-0.05, 0) is 55.6 Å². The van der Waals surface area contributed by atoms with E-state index in [0.717, 1.165) is 17.7 Å². The maximum absolute atomic E-state index is 11.7. The molecule has 0 N–H and O–H groups in total. The fourth-order valence-electron chi connectivity index (χ4n) is 3.48. The number of benzene rings is 1. The van der Waals surface area contributed by atoms with E-state index in [1.807, 2.05) is 24.3 Å². The number of esters is 1. The van der Waals surface area contributed by atoms with Crippen LogP contribution in [0.2, 0.25) is 18.1 Å². The van der Waals surface area contributed by atoms with E-state index in [0.29, 0.717) is 19.6 Å². The van der Waals surface area contributed by atoms with Gasteiger partial charge in [-0.15, -0.1) is 0 Å². The van der Waals surface area contributed by atoms with Crippen LogP contribution in [0.5, 0.6) is 5.75 Å². The molecule has 2 rings (SSSR count). The lowest BCUT2D eigenvalue weighted by molar-refractivity contribution is -0.134. The minimum absolute atomic E-state index is 0.00775. The first kappa shape index (κ1) is 30.0. The molecule has 1 aliphatic rings. The van der Waals surface area contributed by atoms with Gasteiger partial charge in [0.1, 0.15) is 5.75 Å². The Kier molecular flexibility index (Phi) is 11.6. The van der Waals surface area contributed by atoms with Gasteiger partial charge in [0.05, 0.1) is 45.7 Å². The van der Waals surface area contributed by atoms with Crippen molar-refractivity contribution in [3.63, 3.8) is 0 Å². The van der Waals surface area contributed by atoms with Crippen molar-refractivity contribution in [3.05, 3.63) is 65.8 Å². The number of hydrogen-bond donors (Lipinski definition) is 0. The lowest BCUT2D eigenvalue weighted by Gasteiger charge is -2.40. The zero-order valence-electron chi connectivity index (χ0n) is 23.2. The van der Waals surface area contributed by atoms with Crippen molar-refractivity contribution < 1.29 is 28.2 Å². The molecule has 1 aromatic rings. The van der Waals surface area contributed by atoms with Crippen LogP contribution in [0.25, 0.3) is 0 Å². The van der Waals surface area contributed by atoms with E-state index < -0.39 is 8.32 Å². The van der Waals surface area contributed by atoms with Gasteiger partial charge in [0.15, 0.2) is 8.32 Å². The first-order valence-electron chi connectivity index (χ1n) is 12.6. The molecule has 0 spiro atoms. The molecule has 3 atom stereocenters. The topological polar surface area (TPSA) is 63.2 Å². The molecule has 0 bridgehead atoms. The van der Waals surface area contributed by atoms with Gasteiger partial charge in [-0.2, -0.15) is 0 Å². The Hall–Kier alpha value is -2.19. The zero-order valence-corrected chi connectivity index (χ0v) is 24.2. The van der Waals surface area contributed by atoms with Crippen LogP contribution in [0.4, 0.5) is 0 Å². The van der Waals surface area contributed by atoms with Crippen LogP contribution < -0.4 is 4.74 Å². The van der Waals surface area contributed by atoms with Crippen LogP contribution in [0.1, 0.15) is 46.1 Å². The molecule has 7 heteroatoms. The van der Waals surface area contributed by atoms with Crippen molar-refractivity contribution >= 4 is 14.3 Å². The van der Waals surface area contributed by atoms with Gasteiger partial charge in [0.25, 0.3) is 0 Å². The molecule has 0 aromatic heterocycles. The second-order valence-electron chi connectivity index (χ2n) is 10.7. The molecule has 0 fully saturated rings. The highest BCUT2D eigenvalue weighted by atomic mass is 28.4. The standard InChI is InChI=1S/C29H44O6Si/c1-22-18-19-33-25(20-22)16-17-27(35-36(7,8)29(2,3)4)26(10-9-11-28(30)32-6)34-21-23-12-14-24(31-5)15-13-23/h9,11-18,25-27H,10,19-21H2,1-8H3/t25-,26+,27+/m1/s1. The second-order valence-corrected chi connectivity index (χ2v) is 15.5. The van der Waals surface area contributed by atoms with Gasteiger partial charge < -0.3 is 23.4 Å². The average molecular weight is 517 g/mol. The zero-order chi connectivity index (χ0) is 26.8. The fraction of sp³-hybridized carbons (Fsp3) is 0.552. The fourth-order valence-corrected chi connectivity index (χ4v) is 4.74. The summed E-state index contributed by atoms with van der Waals surface area (Å²) in [7, 11) is 0.887. The van der Waals surface area contributed by atoms with Gasteiger partial charge in [-0.3, -0.25) is 0 Å². The molecular formula is C29H44O6Si. The maximum Gasteiger partial charge on any atom is 0.330 e. The van der Waals surface area contributed by atoms with E-state index in [1.54, 1.807) is 13.2 Å². The largest absolute Gasteiger partial charge is 0.497 e. The average Bonchev–Trinajstić information content (AvgIpc) is 2.83. The lowest BCUT2D eigenvalue weighted by Crippen LogP contribution is -2.47. The highest BCUT2D eigenvalue weighted by Crippen LogP contribution is 2.38. The Morgan fingerprint density at radius 2 is 1.89 bits per heavy atom. The summed E-state index contributed by atoms with van der Waals surface area (Å²) in [5.41, 5.74) is 2.36. The van der Waals surface area contributed by atoms with E-state index in [9.17, 15) is 4.79 Å². The molecule has 1 heterocycles. The minimum Gasteiger partial charge on any atom is -0.497 e. The summed E-state index contributed by atoms with van der Waals surface area (Å²) in [6.45, 7) is 14.3. The Morgan fingerprint density at radius 1 is 1.19 bits per heavy atom. The normalized spacial score (nSPS) is 18.8. The summed E-state index contributed by atoms with van der Waals surface area (Å²) >= 11 is 0. The molecule has 200 valence electrons. The predicted molar refractivity (Wildman–Crippen MR) is 147 cm³/mol. The van der Waals surface area contributed by atoms with Crippen molar-refractivity contribution in [2.24, 2.45) is 0 Å². The monoisotopic (exact) mass is 516 g/mol. The number of rotatable bonds is 12. The molecule has 0 unspecified atom stereocenters. The van der Waals surface area contributed by atoms with Crippen LogP contribution in [0, 0.1) is 0 Å². The summed E-state index contributed by atoms with van der Waals surface area (Å²) < 4.78 is 29.3. The van der Waals surface area contributed by atoms with Crippen LogP contribution in [0.3, 0.4) is 0 Å². The Bertz CT molecular complexity index is 911. The maximum atomic E-state index is 11.7. The smallest absolute Gasteiger partial charge is 0.330 e. The second kappa shape index (κ2) is 13.9. The first-order valence-corrected chi connectivity index (χ1v) is 15.5. The number of hydrogen-bond acceptors (Lipinski definition) is 6. The predicted octanol–water partition coefficient (Wildman–Crippen LogP) is 6.38. The summed E-state index contributed by atoms with van der Waals surface area (Å²) in [6.07, 6.45) is 10.3. The first-order chi connectivity index (χ1) is 16.9. The Balaban J connectivity index is 2.31. The third-order valence-electron chi connectivity index (χ3n) is 6.83. The van der Waals surface area contributed by atoms with Crippen molar-refractivity contribution in [3.8, 4) is 5.75 Å². The van der Waals surface area contributed by atoms with E-state index in [1.165, 1.54) is 18.8 Å². The van der Waals surface area contributed by atoms with Crippen molar-refractivity contribution in [2.45, 2.75) is 83.6 Å². The highest BCUT2D eigenvalue weighted by Gasteiger charge is 2.40. The number of ether oxygens (including phenoxy) is 4. The van der Waals surface area contributed by atoms with E-state index in [-0.39, 0.29) is 29.3 Å². The third-order valence-corrected chi connectivity index (χ3v) is 11.3. The van der Waals surface area contributed by atoms with Crippen LogP contribution in [-0.2, 0) is 30.0 Å². The van der Waals surface area contributed by atoms with Gasteiger partial charge in [0, 0.05) is 6.08 Å². The van der Waals surface area contributed by atoms with Gasteiger partial charge in [-0.1, -0.05) is 62.8 Å². The molecule has 1 aliphatic heterocycles. The van der Waals surface area contributed by atoms with E-state index in [4.69, 9.17) is 23.4 Å². The molecule has 36 heavy (non-hydrogen) atoms. The molecule has 0 amide bonds. The number of carbonyl (C=O) groups is 1. The van der Waals surface area contributed by atoms with Gasteiger partial charge in [-0.25, -0.2) is 4.79 Å². The number of carbonyl (C=O) groups excluding carboxylic acids is 1. The van der Waals surface area contributed by atoms with Crippen molar-refractivity contribution in [1.29, 1.82) is 0 Å². The molecule has 0 radical (unpaired) electrons. The highest BCUT2D eigenvalue weighted by molar-refractivity contribution is 6.74. The Morgan fingerprint density at radius 3 is 2.47 bits per heavy atom. The SMILES string of the molecule is COC(=O)C=CC[C@H](OCc1ccc(OC)cc1)[C@H](C=C[C@@H]1CC(C)=CCO1)O[Si](C)(C)C(C)(C)C. The van der Waals surface area contributed by atoms with Crippen LogP contribution in [-0.4, -0.2) is 53.4 Å². The van der Waals surface area contributed by atoms with Gasteiger partial charge >= 0.3 is 5.97 Å². The van der Waals surface area contributed by atoms with E-state index in [2.05, 4.69) is 59.0 Å². The molecule has 1 aromatic carbocycles. The molecule has 6 nitrogen and oxygen atoms in total. The van der Waals surface area contributed by atoms with Crippen molar-refractivity contribution in [2.75, 3.05) is 20.8 Å². The van der Waals surface area contributed by atoms with Crippen LogP contribution >= 0.6 is 0 Å². The summed E-state index contributed by atoms with van der Waals surface area (Å²) in [6, 6.07) is 7.82. The quantitative estimate of drug-likeness (QED) is 0.139. The summed E-state index contributed by atoms with van der Waals surface area (Å²) in [5, 5.41) is 0.0299. The molecular weight excluding hydrogens is 472 g/mol. The minimum atomic E-state index is -2.14.